The van der Waals surface area contributed by atoms with Crippen LogP contribution in [0.25, 0.3) is 0 Å². The summed E-state index contributed by atoms with van der Waals surface area (Å²) in [6.07, 6.45) is 5.42. The topological polar surface area (TPSA) is 78.9 Å². The van der Waals surface area contributed by atoms with Gasteiger partial charge in [0.15, 0.2) is 0 Å². The summed E-state index contributed by atoms with van der Waals surface area (Å²) >= 11 is 0. The number of likely N-dealkylation sites (tertiary alicyclic amines) is 1. The lowest BCUT2D eigenvalue weighted by atomic mass is 9.78. The molecule has 2 amide bonds. The van der Waals surface area contributed by atoms with E-state index in [1.165, 1.54) is 0 Å². The van der Waals surface area contributed by atoms with Gasteiger partial charge in [-0.15, -0.1) is 0 Å². The summed E-state index contributed by atoms with van der Waals surface area (Å²) in [7, 11) is 0. The minimum Gasteiger partial charge on any atom is -0.481 e. The first-order valence-corrected chi connectivity index (χ1v) is 7.98. The molecule has 0 aromatic heterocycles. The highest BCUT2D eigenvalue weighted by Crippen LogP contribution is 2.36. The number of piperidine rings is 1. The van der Waals surface area contributed by atoms with Gasteiger partial charge in [-0.25, -0.2) is 4.79 Å². The zero-order valence-corrected chi connectivity index (χ0v) is 12.5. The fraction of sp³-hybridized carbons (Fsp3) is 0.867. The van der Waals surface area contributed by atoms with Crippen LogP contribution in [0.2, 0.25) is 0 Å². The molecule has 0 aromatic carbocycles. The molecule has 0 saturated carbocycles. The van der Waals surface area contributed by atoms with E-state index in [1.54, 1.807) is 4.90 Å². The van der Waals surface area contributed by atoms with Crippen molar-refractivity contribution in [2.45, 2.75) is 63.7 Å². The second-order valence-electron chi connectivity index (χ2n) is 6.63. The van der Waals surface area contributed by atoms with E-state index >= 15 is 0 Å². The van der Waals surface area contributed by atoms with Crippen LogP contribution in [0, 0.1) is 5.41 Å². The van der Waals surface area contributed by atoms with Crippen LogP contribution in [-0.4, -0.2) is 53.3 Å². The molecular weight excluding hydrogens is 272 g/mol. The molecule has 4 atom stereocenters. The van der Waals surface area contributed by atoms with E-state index in [-0.39, 0.29) is 18.2 Å². The first kappa shape index (κ1) is 14.6. The van der Waals surface area contributed by atoms with E-state index in [9.17, 15) is 14.7 Å². The summed E-state index contributed by atoms with van der Waals surface area (Å²) in [5.74, 6) is -0.786. The lowest BCUT2D eigenvalue weighted by molar-refractivity contribution is -0.152. The molecule has 4 unspecified atom stereocenters. The Kier molecular flexibility index (Phi) is 3.82. The Morgan fingerprint density at radius 1 is 1.43 bits per heavy atom. The second-order valence-corrected chi connectivity index (χ2v) is 6.63. The average molecular weight is 296 g/mol. The predicted octanol–water partition coefficient (Wildman–Crippen LogP) is 1.59. The molecule has 6 heteroatoms. The monoisotopic (exact) mass is 296 g/mol. The number of carboxylic acid groups (broad SMARTS) is 1. The fourth-order valence-electron chi connectivity index (χ4n) is 3.96. The molecule has 6 nitrogen and oxygen atoms in total. The van der Waals surface area contributed by atoms with Gasteiger partial charge in [-0.1, -0.05) is 6.92 Å². The van der Waals surface area contributed by atoms with Crippen LogP contribution in [-0.2, 0) is 9.53 Å². The molecule has 0 aromatic rings. The third-order valence-electron chi connectivity index (χ3n) is 5.41. The third-order valence-corrected chi connectivity index (χ3v) is 5.41. The standard InChI is InChI=1S/C15H24N2O4/c1-2-15(13(18)19)6-3-7-17(9-15)14(20)16-11-8-10-4-5-12(11)21-10/h10-12H,2-9H2,1H3,(H,16,20)(H,18,19). The van der Waals surface area contributed by atoms with E-state index in [0.29, 0.717) is 32.0 Å². The van der Waals surface area contributed by atoms with Gasteiger partial charge in [0.05, 0.1) is 23.7 Å². The van der Waals surface area contributed by atoms with Crippen LogP contribution in [0.3, 0.4) is 0 Å². The van der Waals surface area contributed by atoms with Crippen molar-refractivity contribution in [2.75, 3.05) is 13.1 Å². The summed E-state index contributed by atoms with van der Waals surface area (Å²) in [6, 6.07) is -0.0334. The molecule has 3 saturated heterocycles. The van der Waals surface area contributed by atoms with E-state index in [2.05, 4.69) is 5.32 Å². The van der Waals surface area contributed by atoms with Crippen molar-refractivity contribution in [3.05, 3.63) is 0 Å². The van der Waals surface area contributed by atoms with E-state index in [4.69, 9.17) is 4.74 Å². The minimum absolute atomic E-state index is 0.0963. The number of carbonyl (C=O) groups excluding carboxylic acids is 1. The Hall–Kier alpha value is -1.30. The van der Waals surface area contributed by atoms with Crippen molar-refractivity contribution in [2.24, 2.45) is 5.41 Å². The number of hydrogen-bond acceptors (Lipinski definition) is 3. The van der Waals surface area contributed by atoms with E-state index in [0.717, 1.165) is 25.7 Å². The largest absolute Gasteiger partial charge is 0.481 e. The van der Waals surface area contributed by atoms with E-state index in [1.807, 2.05) is 6.92 Å². The number of hydrogen-bond donors (Lipinski definition) is 2. The molecule has 0 radical (unpaired) electrons. The first-order chi connectivity index (χ1) is 10.0. The second kappa shape index (κ2) is 5.48. The Morgan fingerprint density at radius 3 is 2.81 bits per heavy atom. The Labute approximate surface area is 124 Å². The number of nitrogens with one attached hydrogen (secondary N) is 1. The molecule has 3 aliphatic rings. The predicted molar refractivity (Wildman–Crippen MR) is 76.0 cm³/mol. The Balaban J connectivity index is 1.61. The maximum Gasteiger partial charge on any atom is 0.317 e. The zero-order chi connectivity index (χ0) is 15.0. The lowest BCUT2D eigenvalue weighted by Gasteiger charge is -2.40. The third kappa shape index (κ3) is 2.61. The maximum atomic E-state index is 12.4. The molecule has 3 aliphatic heterocycles. The van der Waals surface area contributed by atoms with Crippen molar-refractivity contribution < 1.29 is 19.4 Å². The maximum absolute atomic E-state index is 12.4. The highest BCUT2D eigenvalue weighted by atomic mass is 16.5. The quantitative estimate of drug-likeness (QED) is 0.829. The van der Waals surface area contributed by atoms with Crippen LogP contribution in [0.1, 0.15) is 45.4 Å². The van der Waals surface area contributed by atoms with Gasteiger partial charge in [0.2, 0.25) is 0 Å². The van der Waals surface area contributed by atoms with Gasteiger partial charge in [0, 0.05) is 13.1 Å². The molecule has 3 heterocycles. The van der Waals surface area contributed by atoms with Gasteiger partial charge < -0.3 is 20.1 Å². The number of ether oxygens (including phenoxy) is 1. The van der Waals surface area contributed by atoms with Crippen LogP contribution < -0.4 is 5.32 Å². The van der Waals surface area contributed by atoms with Crippen LogP contribution in [0.15, 0.2) is 0 Å². The van der Waals surface area contributed by atoms with Crippen molar-refractivity contribution in [1.82, 2.24) is 10.2 Å². The molecule has 2 bridgehead atoms. The van der Waals surface area contributed by atoms with Gasteiger partial charge in [0.1, 0.15) is 0 Å². The van der Waals surface area contributed by atoms with Gasteiger partial charge >= 0.3 is 12.0 Å². The summed E-state index contributed by atoms with van der Waals surface area (Å²) in [5, 5.41) is 12.5. The van der Waals surface area contributed by atoms with Crippen molar-refractivity contribution in [3.63, 3.8) is 0 Å². The van der Waals surface area contributed by atoms with Crippen LogP contribution >= 0.6 is 0 Å². The number of nitrogens with zero attached hydrogens (tertiary/aromatic N) is 1. The number of rotatable bonds is 3. The molecule has 2 N–H and O–H groups in total. The minimum atomic E-state index is -0.786. The fourth-order valence-corrected chi connectivity index (χ4v) is 3.96. The number of carbonyl (C=O) groups is 2. The molecule has 0 spiro atoms. The SMILES string of the molecule is CCC1(C(=O)O)CCCN(C(=O)NC2CC3CCC2O3)C1. The summed E-state index contributed by atoms with van der Waals surface area (Å²) in [4.78, 5) is 25.6. The van der Waals surface area contributed by atoms with Crippen molar-refractivity contribution in [3.8, 4) is 0 Å². The molecular formula is C15H24N2O4. The van der Waals surface area contributed by atoms with Gasteiger partial charge in [0.25, 0.3) is 0 Å². The number of amides is 2. The van der Waals surface area contributed by atoms with Gasteiger partial charge in [-0.3, -0.25) is 4.79 Å². The lowest BCUT2D eigenvalue weighted by Crippen LogP contribution is -2.55. The zero-order valence-electron chi connectivity index (χ0n) is 12.5. The van der Waals surface area contributed by atoms with Crippen molar-refractivity contribution in [1.29, 1.82) is 0 Å². The van der Waals surface area contributed by atoms with Gasteiger partial charge in [-0.05, 0) is 38.5 Å². The normalized spacial score (nSPS) is 38.5. The summed E-state index contributed by atoms with van der Waals surface area (Å²) in [5.41, 5.74) is -0.777. The number of carboxylic acids is 1. The number of fused-ring (bicyclic) bond motifs is 2. The number of urea groups is 1. The molecule has 3 fully saturated rings. The molecule has 0 aliphatic carbocycles. The average Bonchev–Trinajstić information content (AvgIpc) is 3.09. The van der Waals surface area contributed by atoms with E-state index < -0.39 is 11.4 Å². The Bertz CT molecular complexity index is 441. The highest BCUT2D eigenvalue weighted by molar-refractivity contribution is 5.79. The Morgan fingerprint density at radius 2 is 2.24 bits per heavy atom. The summed E-state index contributed by atoms with van der Waals surface area (Å²) < 4.78 is 5.75. The van der Waals surface area contributed by atoms with Gasteiger partial charge in [-0.2, -0.15) is 0 Å². The summed E-state index contributed by atoms with van der Waals surface area (Å²) in [6.45, 7) is 2.84. The molecule has 21 heavy (non-hydrogen) atoms. The molecule has 3 rings (SSSR count). The van der Waals surface area contributed by atoms with Crippen molar-refractivity contribution >= 4 is 12.0 Å². The molecule has 118 valence electrons. The number of aliphatic carboxylic acids is 1. The van der Waals surface area contributed by atoms with Crippen LogP contribution in [0.5, 0.6) is 0 Å². The van der Waals surface area contributed by atoms with Crippen LogP contribution in [0.4, 0.5) is 4.79 Å². The smallest absolute Gasteiger partial charge is 0.317 e. The first-order valence-electron chi connectivity index (χ1n) is 7.98. The highest BCUT2D eigenvalue weighted by Gasteiger charge is 2.44.